The Kier molecular flexibility index (Phi) is 8.10. The number of furan rings is 1. The molecule has 4 aromatic rings. The monoisotopic (exact) mass is 520 g/mol. The molecule has 0 saturated heterocycles. The Morgan fingerprint density at radius 1 is 1.03 bits per heavy atom. The van der Waals surface area contributed by atoms with Crippen molar-refractivity contribution in [3.05, 3.63) is 111 Å². The number of halogens is 1. The lowest BCUT2D eigenvalue weighted by Gasteiger charge is -2.11. The van der Waals surface area contributed by atoms with Crippen molar-refractivity contribution in [1.82, 2.24) is 0 Å². The minimum atomic E-state index is -0.565. The fourth-order valence-corrected chi connectivity index (χ4v) is 3.87. The van der Waals surface area contributed by atoms with Gasteiger partial charge in [0.2, 0.25) is 0 Å². The number of carbonyl (C=O) groups is 1. The Labute approximate surface area is 218 Å². The first-order valence-corrected chi connectivity index (χ1v) is 12.0. The van der Waals surface area contributed by atoms with Crippen LogP contribution >= 0.6 is 11.6 Å². The van der Waals surface area contributed by atoms with Gasteiger partial charge < -0.3 is 19.2 Å². The number of nitro benzene ring substituents is 1. The molecule has 0 saturated carbocycles. The van der Waals surface area contributed by atoms with Crippen LogP contribution in [0.2, 0.25) is 5.02 Å². The highest BCUT2D eigenvalue weighted by molar-refractivity contribution is 6.30. The molecule has 0 fully saturated rings. The van der Waals surface area contributed by atoms with Crippen LogP contribution in [0, 0.1) is 17.0 Å². The number of aryl methyl sites for hydroxylation is 2. The number of nitrogens with one attached hydrogen (secondary N) is 1. The Hall–Kier alpha value is -4.30. The molecule has 0 spiro atoms. The molecule has 0 atom stereocenters. The Morgan fingerprint density at radius 3 is 2.51 bits per heavy atom. The number of hydrogen-bond acceptors (Lipinski definition) is 6. The van der Waals surface area contributed by atoms with E-state index in [1.54, 1.807) is 31.2 Å². The van der Waals surface area contributed by atoms with Crippen LogP contribution in [0.25, 0.3) is 0 Å². The van der Waals surface area contributed by atoms with Crippen LogP contribution in [0.15, 0.2) is 77.2 Å². The van der Waals surface area contributed by atoms with Crippen molar-refractivity contribution < 1.29 is 23.6 Å². The fourth-order valence-electron chi connectivity index (χ4n) is 3.64. The summed E-state index contributed by atoms with van der Waals surface area (Å²) in [5.74, 6) is 1.31. The van der Waals surface area contributed by atoms with Gasteiger partial charge >= 0.3 is 0 Å². The number of carbonyl (C=O) groups excluding carboxylic acids is 1. The van der Waals surface area contributed by atoms with Gasteiger partial charge in [0.25, 0.3) is 11.6 Å². The summed E-state index contributed by atoms with van der Waals surface area (Å²) in [7, 11) is 0. The second-order valence-electron chi connectivity index (χ2n) is 8.39. The van der Waals surface area contributed by atoms with E-state index in [1.165, 1.54) is 29.8 Å². The molecule has 0 aliphatic carbocycles. The molecule has 0 aliphatic heterocycles. The number of benzene rings is 3. The zero-order chi connectivity index (χ0) is 26.4. The van der Waals surface area contributed by atoms with Gasteiger partial charge in [-0.3, -0.25) is 14.9 Å². The lowest BCUT2D eigenvalue weighted by molar-refractivity contribution is -0.384. The van der Waals surface area contributed by atoms with Gasteiger partial charge in [0.05, 0.1) is 16.7 Å². The maximum absolute atomic E-state index is 12.8. The third kappa shape index (κ3) is 6.89. The molecule has 1 aromatic heterocycles. The molecule has 0 radical (unpaired) electrons. The summed E-state index contributed by atoms with van der Waals surface area (Å²) in [6.45, 7) is 4.08. The second-order valence-corrected chi connectivity index (χ2v) is 8.82. The maximum atomic E-state index is 12.8. The molecule has 8 nitrogen and oxygen atoms in total. The van der Waals surface area contributed by atoms with Crippen molar-refractivity contribution in [3.63, 3.8) is 0 Å². The van der Waals surface area contributed by atoms with Gasteiger partial charge in [-0.15, -0.1) is 0 Å². The number of ether oxygens (including phenoxy) is 2. The van der Waals surface area contributed by atoms with Gasteiger partial charge in [0.15, 0.2) is 5.76 Å². The number of non-ortho nitro benzene ring substituents is 1. The molecule has 1 amide bonds. The van der Waals surface area contributed by atoms with Gasteiger partial charge in [-0.05, 0) is 66.9 Å². The van der Waals surface area contributed by atoms with Crippen LogP contribution in [-0.4, -0.2) is 10.8 Å². The molecular formula is C28H25ClN2O6. The quantitative estimate of drug-likeness (QED) is 0.169. The molecular weight excluding hydrogens is 496 g/mol. The summed E-state index contributed by atoms with van der Waals surface area (Å²) in [5.41, 5.74) is 1.94. The molecule has 4 rings (SSSR count). The van der Waals surface area contributed by atoms with Crippen molar-refractivity contribution in [1.29, 1.82) is 0 Å². The fraction of sp³-hybridized carbons (Fsp3) is 0.179. The zero-order valence-electron chi connectivity index (χ0n) is 20.3. The maximum Gasteiger partial charge on any atom is 0.291 e. The van der Waals surface area contributed by atoms with Gasteiger partial charge in [0, 0.05) is 17.2 Å². The van der Waals surface area contributed by atoms with E-state index in [4.69, 9.17) is 25.5 Å². The van der Waals surface area contributed by atoms with E-state index in [2.05, 4.69) is 12.2 Å². The van der Waals surface area contributed by atoms with Crippen LogP contribution in [0.3, 0.4) is 0 Å². The molecule has 9 heteroatoms. The van der Waals surface area contributed by atoms with Crippen LogP contribution in [0.5, 0.6) is 17.2 Å². The summed E-state index contributed by atoms with van der Waals surface area (Å²) in [5, 5.41) is 14.6. The lowest BCUT2D eigenvalue weighted by atomic mass is 10.1. The molecule has 0 bridgehead atoms. The standard InChI is InChI=1S/C28H25ClN2O6/c1-3-4-19-5-8-23(9-6-19)35-17-24-10-12-27(36-24)28(32)30-21-14-22(31(33)34)16-25(15-21)37-26-11-7-20(29)13-18(26)2/h5-16H,3-4,17H2,1-2H3,(H,30,32). The minimum Gasteiger partial charge on any atom is -0.486 e. The number of hydrogen-bond donors (Lipinski definition) is 1. The highest BCUT2D eigenvalue weighted by Gasteiger charge is 2.17. The lowest BCUT2D eigenvalue weighted by Crippen LogP contribution is -2.11. The molecule has 0 aliphatic rings. The summed E-state index contributed by atoms with van der Waals surface area (Å²) >= 11 is 5.99. The Balaban J connectivity index is 1.43. The Morgan fingerprint density at radius 2 is 1.81 bits per heavy atom. The van der Waals surface area contributed by atoms with Crippen LogP contribution in [-0.2, 0) is 13.0 Å². The number of nitro groups is 1. The third-order valence-electron chi connectivity index (χ3n) is 5.45. The molecule has 0 unspecified atom stereocenters. The second kappa shape index (κ2) is 11.6. The van der Waals surface area contributed by atoms with E-state index in [1.807, 2.05) is 24.3 Å². The van der Waals surface area contributed by atoms with E-state index in [-0.39, 0.29) is 29.5 Å². The van der Waals surface area contributed by atoms with Crippen molar-refractivity contribution in [2.75, 3.05) is 5.32 Å². The first kappa shape index (κ1) is 25.8. The van der Waals surface area contributed by atoms with E-state index in [0.29, 0.717) is 22.3 Å². The number of rotatable bonds is 10. The average molecular weight is 521 g/mol. The van der Waals surface area contributed by atoms with Crippen molar-refractivity contribution in [2.24, 2.45) is 0 Å². The van der Waals surface area contributed by atoms with Crippen molar-refractivity contribution >= 4 is 28.9 Å². The SMILES string of the molecule is CCCc1ccc(OCc2ccc(C(=O)Nc3cc(Oc4ccc(Cl)cc4C)cc([N+](=O)[O-])c3)o2)cc1. The highest BCUT2D eigenvalue weighted by Crippen LogP contribution is 2.32. The molecule has 1 heterocycles. The summed E-state index contributed by atoms with van der Waals surface area (Å²) in [6.07, 6.45) is 2.08. The van der Waals surface area contributed by atoms with Crippen LogP contribution < -0.4 is 14.8 Å². The molecule has 3 aromatic carbocycles. The van der Waals surface area contributed by atoms with Gasteiger partial charge in [-0.25, -0.2) is 0 Å². The number of amides is 1. The topological polar surface area (TPSA) is 104 Å². The van der Waals surface area contributed by atoms with Crippen molar-refractivity contribution in [3.8, 4) is 17.2 Å². The van der Waals surface area contributed by atoms with Crippen LogP contribution in [0.1, 0.15) is 40.8 Å². The molecule has 1 N–H and O–H groups in total. The molecule has 37 heavy (non-hydrogen) atoms. The first-order valence-electron chi connectivity index (χ1n) is 11.7. The normalized spacial score (nSPS) is 10.7. The average Bonchev–Trinajstić information content (AvgIpc) is 3.35. The summed E-state index contributed by atoms with van der Waals surface area (Å²) < 4.78 is 17.2. The summed E-state index contributed by atoms with van der Waals surface area (Å²) in [4.78, 5) is 23.7. The number of nitrogens with zero attached hydrogens (tertiary/aromatic N) is 1. The number of anilines is 1. The van der Waals surface area contributed by atoms with E-state index >= 15 is 0 Å². The van der Waals surface area contributed by atoms with E-state index < -0.39 is 10.8 Å². The van der Waals surface area contributed by atoms with Crippen LogP contribution in [0.4, 0.5) is 11.4 Å². The smallest absolute Gasteiger partial charge is 0.291 e. The summed E-state index contributed by atoms with van der Waals surface area (Å²) in [6, 6.07) is 20.1. The van der Waals surface area contributed by atoms with Gasteiger partial charge in [-0.2, -0.15) is 0 Å². The minimum absolute atomic E-state index is 0.0411. The van der Waals surface area contributed by atoms with E-state index in [9.17, 15) is 14.9 Å². The van der Waals surface area contributed by atoms with Gasteiger partial charge in [0.1, 0.15) is 29.6 Å². The zero-order valence-corrected chi connectivity index (χ0v) is 21.1. The Bertz CT molecular complexity index is 1410. The predicted molar refractivity (Wildman–Crippen MR) is 141 cm³/mol. The molecule has 190 valence electrons. The largest absolute Gasteiger partial charge is 0.486 e. The third-order valence-corrected chi connectivity index (χ3v) is 5.69. The van der Waals surface area contributed by atoms with Crippen molar-refractivity contribution in [2.45, 2.75) is 33.3 Å². The predicted octanol–water partition coefficient (Wildman–Crippen LogP) is 7.73. The van der Waals surface area contributed by atoms with Gasteiger partial charge in [-0.1, -0.05) is 37.1 Å². The van der Waals surface area contributed by atoms with E-state index in [0.717, 1.165) is 18.4 Å². The highest BCUT2D eigenvalue weighted by atomic mass is 35.5. The first-order chi connectivity index (χ1) is 17.8.